The molecule has 0 fully saturated rings. The summed E-state index contributed by atoms with van der Waals surface area (Å²) in [7, 11) is 0. The van der Waals surface area contributed by atoms with Crippen LogP contribution < -0.4 is 0 Å². The molecule has 2 aliphatic carbocycles. The standard InChI is InChI=1S/C52H37N5/c1-51(2)39-19-11-8-16-36(39)42-43-37-17-9-12-20-40(37)52(3,4)46(43)47-44(45(42)51)38-18-10-13-21-41(38)57(47)35-28-26-34(27-29-35)50-55-48(32-14-6-5-7-15-32)54-49(56-50)33-24-22-31(30-53)23-25-33/h5-29H,1-4H3. The Kier molecular flexibility index (Phi) is 6.94. The number of para-hydroxylation sites is 1. The predicted octanol–water partition coefficient (Wildman–Crippen LogP) is 12.5. The van der Waals surface area contributed by atoms with Crippen LogP contribution in [0.5, 0.6) is 0 Å². The summed E-state index contributed by atoms with van der Waals surface area (Å²) in [5.74, 6) is 1.75. The molecule has 2 aliphatic rings. The van der Waals surface area contributed by atoms with Crippen molar-refractivity contribution in [3.63, 3.8) is 0 Å². The van der Waals surface area contributed by atoms with E-state index in [1.165, 1.54) is 66.3 Å². The average molecular weight is 732 g/mol. The summed E-state index contributed by atoms with van der Waals surface area (Å²) in [5.41, 5.74) is 17.3. The maximum absolute atomic E-state index is 9.41. The van der Waals surface area contributed by atoms with E-state index in [9.17, 15) is 5.26 Å². The van der Waals surface area contributed by atoms with Gasteiger partial charge >= 0.3 is 0 Å². The second-order valence-corrected chi connectivity index (χ2v) is 16.3. The van der Waals surface area contributed by atoms with Crippen molar-refractivity contribution in [1.29, 1.82) is 5.26 Å². The lowest BCUT2D eigenvalue weighted by atomic mass is 9.76. The van der Waals surface area contributed by atoms with E-state index < -0.39 is 0 Å². The normalized spacial score (nSPS) is 14.2. The van der Waals surface area contributed by atoms with Crippen LogP contribution in [0, 0.1) is 11.3 Å². The maximum atomic E-state index is 9.41. The molecule has 0 atom stereocenters. The molecule has 7 aromatic carbocycles. The fourth-order valence-electron chi connectivity index (χ4n) is 9.83. The lowest BCUT2D eigenvalue weighted by Crippen LogP contribution is -2.19. The average Bonchev–Trinajstić information content (AvgIpc) is 3.81. The number of fused-ring (bicyclic) bond motifs is 12. The van der Waals surface area contributed by atoms with Gasteiger partial charge in [0.15, 0.2) is 17.5 Å². The molecule has 2 aromatic heterocycles. The number of rotatable bonds is 4. The van der Waals surface area contributed by atoms with Gasteiger partial charge in [0, 0.05) is 44.0 Å². The van der Waals surface area contributed by atoms with Gasteiger partial charge in [-0.1, -0.05) is 125 Å². The zero-order valence-electron chi connectivity index (χ0n) is 32.2. The van der Waals surface area contributed by atoms with Crippen molar-refractivity contribution in [2.24, 2.45) is 0 Å². The highest BCUT2D eigenvalue weighted by atomic mass is 15.0. The number of nitrogens with zero attached hydrogens (tertiary/aromatic N) is 5. The van der Waals surface area contributed by atoms with Gasteiger partial charge in [-0.15, -0.1) is 0 Å². The number of hydrogen-bond acceptors (Lipinski definition) is 4. The second-order valence-electron chi connectivity index (χ2n) is 16.3. The Bertz CT molecular complexity index is 3160. The lowest BCUT2D eigenvalue weighted by molar-refractivity contribution is 0.658. The summed E-state index contributed by atoms with van der Waals surface area (Å²) in [6.45, 7) is 9.61. The SMILES string of the molecule is CC1(C)c2ccccc2-c2c3c(c4c(c21)c1ccccc1n4-c1ccc(-c2nc(-c4ccccc4)nc(-c4ccc(C#N)cc4)n2)cc1)C(C)(C)c1ccccc1-3. The van der Waals surface area contributed by atoms with Crippen LogP contribution >= 0.6 is 0 Å². The van der Waals surface area contributed by atoms with Crippen LogP contribution in [-0.2, 0) is 10.8 Å². The van der Waals surface area contributed by atoms with Crippen molar-refractivity contribution in [2.45, 2.75) is 38.5 Å². The monoisotopic (exact) mass is 731 g/mol. The fraction of sp³-hybridized carbons (Fsp3) is 0.115. The Balaban J connectivity index is 1.17. The molecule has 0 unspecified atom stereocenters. The lowest BCUT2D eigenvalue weighted by Gasteiger charge is -2.27. The van der Waals surface area contributed by atoms with Gasteiger partial charge in [0.1, 0.15) is 0 Å². The zero-order valence-corrected chi connectivity index (χ0v) is 32.2. The Morgan fingerprint density at radius 2 is 0.965 bits per heavy atom. The van der Waals surface area contributed by atoms with Gasteiger partial charge in [-0.2, -0.15) is 5.26 Å². The maximum Gasteiger partial charge on any atom is 0.164 e. The molecule has 11 rings (SSSR count). The molecule has 0 N–H and O–H groups in total. The first kappa shape index (κ1) is 33.2. The van der Waals surface area contributed by atoms with Crippen LogP contribution in [0.1, 0.15) is 55.5 Å². The summed E-state index contributed by atoms with van der Waals surface area (Å²) < 4.78 is 2.51. The van der Waals surface area contributed by atoms with E-state index in [-0.39, 0.29) is 10.8 Å². The van der Waals surface area contributed by atoms with Gasteiger partial charge in [-0.05, 0) is 99.1 Å². The van der Waals surface area contributed by atoms with Crippen LogP contribution in [0.2, 0.25) is 0 Å². The Labute approximate surface area is 331 Å². The molecule has 0 spiro atoms. The van der Waals surface area contributed by atoms with Crippen LogP contribution in [0.25, 0.3) is 83.9 Å². The number of benzene rings is 7. The quantitative estimate of drug-likeness (QED) is 0.181. The molecule has 0 aliphatic heterocycles. The van der Waals surface area contributed by atoms with E-state index in [0.717, 1.165) is 22.4 Å². The Morgan fingerprint density at radius 1 is 0.491 bits per heavy atom. The van der Waals surface area contributed by atoms with Crippen molar-refractivity contribution in [3.8, 4) is 68.2 Å². The van der Waals surface area contributed by atoms with Gasteiger partial charge in [0.05, 0.1) is 22.7 Å². The Hall–Kier alpha value is -7.16. The van der Waals surface area contributed by atoms with E-state index in [0.29, 0.717) is 23.0 Å². The van der Waals surface area contributed by atoms with E-state index in [4.69, 9.17) is 15.0 Å². The van der Waals surface area contributed by atoms with Crippen LogP contribution in [-0.4, -0.2) is 19.5 Å². The molecule has 0 radical (unpaired) electrons. The predicted molar refractivity (Wildman–Crippen MR) is 230 cm³/mol. The molecule has 9 aromatic rings. The van der Waals surface area contributed by atoms with E-state index in [1.54, 1.807) is 12.1 Å². The van der Waals surface area contributed by atoms with Crippen LogP contribution in [0.15, 0.2) is 152 Å². The number of aromatic nitrogens is 4. The van der Waals surface area contributed by atoms with Crippen LogP contribution in [0.3, 0.4) is 0 Å². The third-order valence-electron chi connectivity index (χ3n) is 12.4. The van der Waals surface area contributed by atoms with Crippen molar-refractivity contribution in [2.75, 3.05) is 0 Å². The molecule has 5 heteroatoms. The fourth-order valence-corrected chi connectivity index (χ4v) is 9.83. The minimum Gasteiger partial charge on any atom is -0.309 e. The first-order chi connectivity index (χ1) is 27.8. The van der Waals surface area contributed by atoms with Gasteiger partial charge in [0.2, 0.25) is 0 Å². The van der Waals surface area contributed by atoms with E-state index in [2.05, 4.69) is 135 Å². The molecule has 57 heavy (non-hydrogen) atoms. The summed E-state index contributed by atoms with van der Waals surface area (Å²) in [6, 6.07) is 55.3. The molecule has 2 heterocycles. The molecular formula is C52H37N5. The van der Waals surface area contributed by atoms with Gasteiger partial charge < -0.3 is 4.57 Å². The highest BCUT2D eigenvalue weighted by molar-refractivity contribution is 6.20. The summed E-state index contributed by atoms with van der Waals surface area (Å²) in [5, 5.41) is 12.0. The first-order valence-corrected chi connectivity index (χ1v) is 19.5. The van der Waals surface area contributed by atoms with Crippen molar-refractivity contribution >= 4 is 21.8 Å². The minimum absolute atomic E-state index is 0.207. The number of nitriles is 1. The summed E-state index contributed by atoms with van der Waals surface area (Å²) in [6.07, 6.45) is 0. The van der Waals surface area contributed by atoms with Gasteiger partial charge in [-0.25, -0.2) is 15.0 Å². The van der Waals surface area contributed by atoms with Crippen molar-refractivity contribution < 1.29 is 0 Å². The van der Waals surface area contributed by atoms with Gasteiger partial charge in [0.25, 0.3) is 0 Å². The molecule has 0 saturated heterocycles. The molecule has 270 valence electrons. The van der Waals surface area contributed by atoms with Crippen molar-refractivity contribution in [3.05, 3.63) is 179 Å². The molecule has 0 saturated carbocycles. The van der Waals surface area contributed by atoms with E-state index >= 15 is 0 Å². The number of hydrogen-bond donors (Lipinski definition) is 0. The Morgan fingerprint density at radius 3 is 1.56 bits per heavy atom. The largest absolute Gasteiger partial charge is 0.309 e. The summed E-state index contributed by atoms with van der Waals surface area (Å²) >= 11 is 0. The van der Waals surface area contributed by atoms with Crippen molar-refractivity contribution in [1.82, 2.24) is 19.5 Å². The molecule has 0 amide bonds. The van der Waals surface area contributed by atoms with Crippen LogP contribution in [0.4, 0.5) is 0 Å². The topological polar surface area (TPSA) is 67.4 Å². The highest BCUT2D eigenvalue weighted by Gasteiger charge is 2.47. The third kappa shape index (κ3) is 4.65. The molecule has 0 bridgehead atoms. The minimum atomic E-state index is -0.243. The molecule has 5 nitrogen and oxygen atoms in total. The smallest absolute Gasteiger partial charge is 0.164 e. The zero-order chi connectivity index (χ0) is 38.6. The van der Waals surface area contributed by atoms with Gasteiger partial charge in [-0.3, -0.25) is 0 Å². The van der Waals surface area contributed by atoms with E-state index in [1.807, 2.05) is 42.5 Å². The summed E-state index contributed by atoms with van der Waals surface area (Å²) in [4.78, 5) is 14.9. The second kappa shape index (κ2) is 11.9. The highest BCUT2D eigenvalue weighted by Crippen LogP contribution is 2.63. The molecular weight excluding hydrogens is 695 g/mol. The first-order valence-electron chi connectivity index (χ1n) is 19.5. The third-order valence-corrected chi connectivity index (χ3v) is 12.4.